The summed E-state index contributed by atoms with van der Waals surface area (Å²) in [7, 11) is 0. The van der Waals surface area contributed by atoms with E-state index in [0.29, 0.717) is 10.8 Å². The maximum Gasteiger partial charge on any atom is 0.261 e. The van der Waals surface area contributed by atoms with Crippen LogP contribution in [0.5, 0.6) is 5.75 Å². The molecule has 0 heterocycles. The summed E-state index contributed by atoms with van der Waals surface area (Å²) in [5, 5.41) is 3.67. The number of benzene rings is 2. The highest BCUT2D eigenvalue weighted by atomic mass is 35.5. The van der Waals surface area contributed by atoms with Gasteiger partial charge in [-0.15, -0.1) is 0 Å². The van der Waals surface area contributed by atoms with Crippen LogP contribution < -0.4 is 10.1 Å². The molecule has 2 amide bonds. The Balaban J connectivity index is 1.75. The van der Waals surface area contributed by atoms with Gasteiger partial charge in [0.1, 0.15) is 11.8 Å². The van der Waals surface area contributed by atoms with Gasteiger partial charge >= 0.3 is 0 Å². The topological polar surface area (TPSA) is 58.6 Å². The average Bonchev–Trinajstić information content (AvgIpc) is 3.26. The molecule has 0 aliphatic heterocycles. The molecule has 1 atom stereocenters. The van der Waals surface area contributed by atoms with Gasteiger partial charge < -0.3 is 15.0 Å². The Kier molecular flexibility index (Phi) is 7.97. The number of carbonyl (C=O) groups is 2. The van der Waals surface area contributed by atoms with E-state index in [1.54, 1.807) is 17.9 Å². The van der Waals surface area contributed by atoms with E-state index >= 15 is 0 Å². The fourth-order valence-corrected chi connectivity index (χ4v) is 4.08. The van der Waals surface area contributed by atoms with E-state index in [4.69, 9.17) is 16.3 Å². The average molecular weight is 443 g/mol. The summed E-state index contributed by atoms with van der Waals surface area (Å²) in [6.07, 6.45) is 4.25. The molecule has 2 aromatic rings. The molecule has 1 aliphatic carbocycles. The van der Waals surface area contributed by atoms with E-state index in [1.165, 1.54) is 0 Å². The van der Waals surface area contributed by atoms with E-state index in [2.05, 4.69) is 5.32 Å². The lowest BCUT2D eigenvalue weighted by atomic mass is 10.1. The second-order valence-electron chi connectivity index (χ2n) is 8.27. The molecule has 2 aromatic carbocycles. The standard InChI is InChI=1S/C25H31ClN2O3/c1-17-9-8-14-23(18(17)2)31-16-24(29)28(15-20-10-4-7-13-22(20)26)19(3)25(30)27-21-11-5-6-12-21/h4,7-10,13-14,19,21H,5-6,11-12,15-16H2,1-3H3,(H,27,30). The minimum atomic E-state index is -0.633. The molecular weight excluding hydrogens is 412 g/mol. The van der Waals surface area contributed by atoms with E-state index in [9.17, 15) is 9.59 Å². The quantitative estimate of drug-likeness (QED) is 0.638. The van der Waals surface area contributed by atoms with Crippen molar-refractivity contribution in [3.8, 4) is 5.75 Å². The smallest absolute Gasteiger partial charge is 0.261 e. The minimum absolute atomic E-state index is 0.140. The van der Waals surface area contributed by atoms with Crippen molar-refractivity contribution in [3.63, 3.8) is 0 Å². The summed E-state index contributed by atoms with van der Waals surface area (Å²) in [5.41, 5.74) is 2.90. The van der Waals surface area contributed by atoms with Crippen LogP contribution in [-0.2, 0) is 16.1 Å². The Hall–Kier alpha value is -2.53. The Bertz CT molecular complexity index is 925. The van der Waals surface area contributed by atoms with Gasteiger partial charge in [-0.2, -0.15) is 0 Å². The second-order valence-corrected chi connectivity index (χ2v) is 8.67. The number of rotatable bonds is 8. The lowest BCUT2D eigenvalue weighted by Gasteiger charge is -2.30. The first-order valence-electron chi connectivity index (χ1n) is 10.9. The van der Waals surface area contributed by atoms with Gasteiger partial charge in [-0.1, -0.05) is 54.8 Å². The molecular formula is C25H31ClN2O3. The number of amides is 2. The molecule has 1 aliphatic rings. The first-order valence-corrected chi connectivity index (χ1v) is 11.3. The predicted molar refractivity (Wildman–Crippen MR) is 123 cm³/mol. The van der Waals surface area contributed by atoms with Gasteiger partial charge in [-0.25, -0.2) is 0 Å². The number of ether oxygens (including phenoxy) is 1. The number of nitrogens with one attached hydrogen (secondary N) is 1. The molecule has 0 radical (unpaired) electrons. The third-order valence-corrected chi connectivity index (χ3v) is 6.44. The third-order valence-electron chi connectivity index (χ3n) is 6.07. The van der Waals surface area contributed by atoms with Crippen LogP contribution in [0, 0.1) is 13.8 Å². The van der Waals surface area contributed by atoms with E-state index in [-0.39, 0.29) is 31.0 Å². The van der Waals surface area contributed by atoms with Gasteiger partial charge in [0.2, 0.25) is 5.91 Å². The lowest BCUT2D eigenvalue weighted by Crippen LogP contribution is -2.50. The summed E-state index contributed by atoms with van der Waals surface area (Å²) in [6, 6.07) is 12.7. The summed E-state index contributed by atoms with van der Waals surface area (Å²) in [6.45, 7) is 5.83. The molecule has 0 spiro atoms. The summed E-state index contributed by atoms with van der Waals surface area (Å²) in [5.74, 6) is 0.281. The van der Waals surface area contributed by atoms with E-state index in [1.807, 2.05) is 50.2 Å². The van der Waals surface area contributed by atoms with E-state index < -0.39 is 6.04 Å². The molecule has 1 unspecified atom stereocenters. The Labute approximate surface area is 189 Å². The molecule has 31 heavy (non-hydrogen) atoms. The Morgan fingerprint density at radius 2 is 1.84 bits per heavy atom. The zero-order valence-electron chi connectivity index (χ0n) is 18.5. The number of nitrogens with zero attached hydrogens (tertiary/aromatic N) is 1. The van der Waals surface area contributed by atoms with Gasteiger partial charge in [-0.3, -0.25) is 9.59 Å². The highest BCUT2D eigenvalue weighted by Crippen LogP contribution is 2.23. The van der Waals surface area contributed by atoms with Crippen LogP contribution >= 0.6 is 11.6 Å². The SMILES string of the molecule is Cc1cccc(OCC(=O)N(Cc2ccccc2Cl)C(C)C(=O)NC2CCCC2)c1C. The molecule has 1 saturated carbocycles. The first-order chi connectivity index (χ1) is 14.9. The van der Waals surface area contributed by atoms with Crippen molar-refractivity contribution in [2.75, 3.05) is 6.61 Å². The monoisotopic (exact) mass is 442 g/mol. The summed E-state index contributed by atoms with van der Waals surface area (Å²) < 4.78 is 5.84. The van der Waals surface area contributed by atoms with Crippen molar-refractivity contribution in [2.24, 2.45) is 0 Å². The molecule has 1 fully saturated rings. The first kappa shape index (κ1) is 23.1. The largest absolute Gasteiger partial charge is 0.483 e. The van der Waals surface area contributed by atoms with Crippen molar-refractivity contribution in [1.82, 2.24) is 10.2 Å². The maximum absolute atomic E-state index is 13.2. The van der Waals surface area contributed by atoms with Gasteiger partial charge in [-0.05, 0) is 62.4 Å². The highest BCUT2D eigenvalue weighted by molar-refractivity contribution is 6.31. The van der Waals surface area contributed by atoms with Crippen LogP contribution in [0.3, 0.4) is 0 Å². The molecule has 6 heteroatoms. The van der Waals surface area contributed by atoms with Crippen molar-refractivity contribution < 1.29 is 14.3 Å². The van der Waals surface area contributed by atoms with Crippen molar-refractivity contribution in [1.29, 1.82) is 0 Å². The fourth-order valence-electron chi connectivity index (χ4n) is 3.89. The molecule has 0 bridgehead atoms. The number of hydrogen-bond acceptors (Lipinski definition) is 3. The number of carbonyl (C=O) groups excluding carboxylic acids is 2. The molecule has 166 valence electrons. The van der Waals surface area contributed by atoms with Gasteiger partial charge in [0.05, 0.1) is 0 Å². The van der Waals surface area contributed by atoms with Crippen LogP contribution in [0.4, 0.5) is 0 Å². The van der Waals surface area contributed by atoms with Crippen LogP contribution in [0.1, 0.15) is 49.3 Å². The van der Waals surface area contributed by atoms with Crippen molar-refractivity contribution in [2.45, 2.75) is 65.1 Å². The molecule has 0 saturated heterocycles. The van der Waals surface area contributed by atoms with Gasteiger partial charge in [0.25, 0.3) is 5.91 Å². The number of hydrogen-bond donors (Lipinski definition) is 1. The number of halogens is 1. The van der Waals surface area contributed by atoms with Crippen LogP contribution in [0.2, 0.25) is 5.02 Å². The van der Waals surface area contributed by atoms with Crippen LogP contribution in [0.15, 0.2) is 42.5 Å². The summed E-state index contributed by atoms with van der Waals surface area (Å²) in [4.78, 5) is 27.7. The Morgan fingerprint density at radius 3 is 2.55 bits per heavy atom. The Morgan fingerprint density at radius 1 is 1.13 bits per heavy atom. The second kappa shape index (κ2) is 10.7. The molecule has 1 N–H and O–H groups in total. The van der Waals surface area contributed by atoms with Crippen molar-refractivity contribution in [3.05, 3.63) is 64.2 Å². The van der Waals surface area contributed by atoms with Gasteiger partial charge in [0.15, 0.2) is 6.61 Å². The summed E-state index contributed by atoms with van der Waals surface area (Å²) >= 11 is 6.34. The normalized spacial score (nSPS) is 14.8. The van der Waals surface area contributed by atoms with E-state index in [0.717, 1.165) is 42.4 Å². The van der Waals surface area contributed by atoms with Gasteiger partial charge in [0, 0.05) is 17.6 Å². The maximum atomic E-state index is 13.2. The fraction of sp³-hybridized carbons (Fsp3) is 0.440. The van der Waals surface area contributed by atoms with Crippen LogP contribution in [0.25, 0.3) is 0 Å². The highest BCUT2D eigenvalue weighted by Gasteiger charge is 2.29. The zero-order valence-corrected chi connectivity index (χ0v) is 19.2. The molecule has 5 nitrogen and oxygen atoms in total. The minimum Gasteiger partial charge on any atom is -0.483 e. The zero-order chi connectivity index (χ0) is 22.4. The molecule has 0 aromatic heterocycles. The number of aryl methyl sites for hydroxylation is 1. The molecule has 3 rings (SSSR count). The predicted octanol–water partition coefficient (Wildman–Crippen LogP) is 4.81. The third kappa shape index (κ3) is 6.01. The lowest BCUT2D eigenvalue weighted by molar-refractivity contribution is -0.142. The van der Waals surface area contributed by atoms with Crippen LogP contribution in [-0.4, -0.2) is 35.4 Å². The van der Waals surface area contributed by atoms with Crippen molar-refractivity contribution >= 4 is 23.4 Å².